The van der Waals surface area contributed by atoms with Crippen LogP contribution in [0.1, 0.15) is 26.4 Å². The molecule has 0 unspecified atom stereocenters. The highest BCUT2D eigenvalue weighted by Gasteiger charge is 2.28. The van der Waals surface area contributed by atoms with Crippen LogP contribution in [-0.2, 0) is 9.53 Å². The van der Waals surface area contributed by atoms with Crippen LogP contribution < -0.4 is 0 Å². The van der Waals surface area contributed by atoms with Gasteiger partial charge in [0.25, 0.3) is 0 Å². The molecule has 0 aliphatic carbocycles. The summed E-state index contributed by atoms with van der Waals surface area (Å²) in [6.45, 7) is 2.00. The molecule has 0 radical (unpaired) electrons. The monoisotopic (exact) mass is 397 g/mol. The second-order valence-electron chi connectivity index (χ2n) is 6.01. The van der Waals surface area contributed by atoms with Crippen LogP contribution >= 0.6 is 22.9 Å². The average Bonchev–Trinajstić information content (AvgIpc) is 3.15. The highest BCUT2D eigenvalue weighted by Crippen LogP contribution is 2.37. The van der Waals surface area contributed by atoms with Gasteiger partial charge in [-0.3, -0.25) is 0 Å². The van der Waals surface area contributed by atoms with Gasteiger partial charge in [-0.25, -0.2) is 14.6 Å². The minimum Gasteiger partial charge on any atom is -0.478 e. The van der Waals surface area contributed by atoms with Gasteiger partial charge in [-0.15, -0.1) is 11.3 Å². The Morgan fingerprint density at radius 2 is 1.96 bits per heavy atom. The molecule has 0 spiro atoms. The van der Waals surface area contributed by atoms with Crippen molar-refractivity contribution in [2.24, 2.45) is 4.99 Å². The van der Waals surface area contributed by atoms with E-state index in [-0.39, 0.29) is 17.2 Å². The second kappa shape index (κ2) is 6.64. The molecule has 2 aromatic carbocycles. The molecule has 0 saturated carbocycles. The van der Waals surface area contributed by atoms with Gasteiger partial charge in [0.2, 0.25) is 5.90 Å². The Labute approximate surface area is 163 Å². The number of carbonyl (C=O) groups is 2. The van der Waals surface area contributed by atoms with Crippen LogP contribution in [0, 0.1) is 6.92 Å². The molecule has 134 valence electrons. The number of ether oxygens (including phenoxy) is 1. The van der Waals surface area contributed by atoms with Crippen LogP contribution in [0.4, 0.5) is 0 Å². The Balaban J connectivity index is 1.71. The smallest absolute Gasteiger partial charge is 0.363 e. The van der Waals surface area contributed by atoms with Crippen LogP contribution in [0.5, 0.6) is 0 Å². The summed E-state index contributed by atoms with van der Waals surface area (Å²) in [5, 5.41) is 10.3. The quantitative estimate of drug-likeness (QED) is 0.503. The van der Waals surface area contributed by atoms with Crippen LogP contribution in [0.2, 0.25) is 5.02 Å². The van der Waals surface area contributed by atoms with Gasteiger partial charge in [0.15, 0.2) is 5.70 Å². The Bertz CT molecular complexity index is 1160. The molecule has 1 aromatic heterocycles. The molecule has 3 aromatic rings. The number of nitrogens with zero attached hydrogens (tertiary/aromatic N) is 1. The Kier molecular flexibility index (Phi) is 4.30. The predicted octanol–water partition coefficient (Wildman–Crippen LogP) is 4.91. The standard InChI is InChI=1S/C20H12ClNO4S/c1-10-2-7-13-15(8-10)27-17(16(13)21)18-22-14(20(25)26-18)9-11-3-5-12(6-4-11)19(23)24/h2-9H,1H3,(H,23,24)/b14-9-. The van der Waals surface area contributed by atoms with Crippen molar-refractivity contribution < 1.29 is 19.4 Å². The molecule has 27 heavy (non-hydrogen) atoms. The summed E-state index contributed by atoms with van der Waals surface area (Å²) >= 11 is 7.87. The fourth-order valence-electron chi connectivity index (χ4n) is 2.70. The number of halogens is 1. The van der Waals surface area contributed by atoms with Crippen LogP contribution in [0.25, 0.3) is 16.2 Å². The van der Waals surface area contributed by atoms with Crippen LogP contribution in [0.3, 0.4) is 0 Å². The lowest BCUT2D eigenvalue weighted by Gasteiger charge is -1.96. The zero-order valence-electron chi connectivity index (χ0n) is 14.0. The van der Waals surface area contributed by atoms with E-state index in [0.717, 1.165) is 15.6 Å². The van der Waals surface area contributed by atoms with E-state index >= 15 is 0 Å². The number of cyclic esters (lactones) is 1. The van der Waals surface area contributed by atoms with Crippen molar-refractivity contribution in [3.63, 3.8) is 0 Å². The van der Waals surface area contributed by atoms with Gasteiger partial charge < -0.3 is 9.84 Å². The van der Waals surface area contributed by atoms with Crippen molar-refractivity contribution in [2.75, 3.05) is 0 Å². The van der Waals surface area contributed by atoms with E-state index < -0.39 is 11.9 Å². The van der Waals surface area contributed by atoms with Crippen molar-refractivity contribution in [1.29, 1.82) is 0 Å². The summed E-state index contributed by atoms with van der Waals surface area (Å²) in [5.41, 5.74) is 2.07. The Morgan fingerprint density at radius 1 is 1.22 bits per heavy atom. The van der Waals surface area contributed by atoms with E-state index in [9.17, 15) is 9.59 Å². The van der Waals surface area contributed by atoms with E-state index in [0.29, 0.717) is 15.5 Å². The highest BCUT2D eigenvalue weighted by molar-refractivity contribution is 7.21. The number of carboxylic acids is 1. The van der Waals surface area contributed by atoms with Gasteiger partial charge in [0.05, 0.1) is 10.6 Å². The molecule has 4 rings (SSSR count). The number of esters is 1. The molecule has 5 nitrogen and oxygen atoms in total. The minimum atomic E-state index is -1.01. The number of hydrogen-bond donors (Lipinski definition) is 1. The normalized spacial score (nSPS) is 15.3. The van der Waals surface area contributed by atoms with Crippen molar-refractivity contribution in [3.8, 4) is 0 Å². The summed E-state index contributed by atoms with van der Waals surface area (Å²) in [4.78, 5) is 28.0. The molecular weight excluding hydrogens is 386 g/mol. The number of benzene rings is 2. The summed E-state index contributed by atoms with van der Waals surface area (Å²) in [6.07, 6.45) is 1.55. The molecule has 7 heteroatoms. The fourth-order valence-corrected chi connectivity index (χ4v) is 4.23. The summed E-state index contributed by atoms with van der Waals surface area (Å²) in [5.74, 6) is -1.40. The van der Waals surface area contributed by atoms with Crippen molar-refractivity contribution in [3.05, 3.63) is 74.8 Å². The van der Waals surface area contributed by atoms with E-state index in [2.05, 4.69) is 4.99 Å². The highest BCUT2D eigenvalue weighted by atomic mass is 35.5. The maximum absolute atomic E-state index is 12.2. The molecule has 0 atom stereocenters. The van der Waals surface area contributed by atoms with Crippen molar-refractivity contribution in [2.45, 2.75) is 6.92 Å². The first-order valence-electron chi connectivity index (χ1n) is 7.97. The van der Waals surface area contributed by atoms with Gasteiger partial charge in [-0.05, 0) is 42.3 Å². The number of thiophene rings is 1. The average molecular weight is 398 g/mol. The van der Waals surface area contributed by atoms with E-state index in [1.807, 2.05) is 25.1 Å². The third-order valence-electron chi connectivity index (χ3n) is 4.06. The lowest BCUT2D eigenvalue weighted by atomic mass is 10.1. The number of aryl methyl sites for hydroxylation is 1. The number of rotatable bonds is 3. The van der Waals surface area contributed by atoms with Gasteiger partial charge in [-0.2, -0.15) is 0 Å². The van der Waals surface area contributed by atoms with E-state index in [1.54, 1.807) is 18.2 Å². The molecule has 0 fully saturated rings. The Hall–Kier alpha value is -2.96. The number of carboxylic acid groups (broad SMARTS) is 1. The van der Waals surface area contributed by atoms with Gasteiger partial charge in [0.1, 0.15) is 4.88 Å². The number of aliphatic imine (C=N–C) groups is 1. The fraction of sp³-hybridized carbons (Fsp3) is 0.0500. The molecular formula is C20H12ClNO4S. The number of hydrogen-bond acceptors (Lipinski definition) is 5. The summed E-state index contributed by atoms with van der Waals surface area (Å²) in [6, 6.07) is 12.1. The first-order chi connectivity index (χ1) is 12.9. The van der Waals surface area contributed by atoms with Crippen LogP contribution in [-0.4, -0.2) is 22.9 Å². The second-order valence-corrected chi connectivity index (χ2v) is 7.44. The van der Waals surface area contributed by atoms with E-state index in [1.165, 1.54) is 23.5 Å². The number of fused-ring (bicyclic) bond motifs is 1. The lowest BCUT2D eigenvalue weighted by Crippen LogP contribution is -2.04. The zero-order valence-corrected chi connectivity index (χ0v) is 15.6. The van der Waals surface area contributed by atoms with Crippen molar-refractivity contribution >= 4 is 56.9 Å². The van der Waals surface area contributed by atoms with Gasteiger partial charge >= 0.3 is 11.9 Å². The molecule has 0 bridgehead atoms. The maximum Gasteiger partial charge on any atom is 0.363 e. The molecule has 0 amide bonds. The molecule has 2 heterocycles. The molecule has 1 aliphatic heterocycles. The minimum absolute atomic E-state index is 0.137. The largest absolute Gasteiger partial charge is 0.478 e. The summed E-state index contributed by atoms with van der Waals surface area (Å²) in [7, 11) is 0. The lowest BCUT2D eigenvalue weighted by molar-refractivity contribution is -0.129. The topological polar surface area (TPSA) is 76.0 Å². The summed E-state index contributed by atoms with van der Waals surface area (Å²) < 4.78 is 6.31. The third-order valence-corrected chi connectivity index (χ3v) is 5.71. The predicted molar refractivity (Wildman–Crippen MR) is 106 cm³/mol. The Morgan fingerprint density at radius 3 is 2.67 bits per heavy atom. The third kappa shape index (κ3) is 3.25. The SMILES string of the molecule is Cc1ccc2c(Cl)c(C3=N/C(=C\c4ccc(C(=O)O)cc4)C(=O)O3)sc2c1. The molecule has 0 saturated heterocycles. The van der Waals surface area contributed by atoms with Crippen molar-refractivity contribution in [1.82, 2.24) is 0 Å². The number of carbonyl (C=O) groups excluding carboxylic acids is 1. The van der Waals surface area contributed by atoms with Crippen LogP contribution in [0.15, 0.2) is 53.2 Å². The first-order valence-corrected chi connectivity index (χ1v) is 9.17. The number of aromatic carboxylic acids is 1. The van der Waals surface area contributed by atoms with E-state index in [4.69, 9.17) is 21.4 Å². The van der Waals surface area contributed by atoms with Gasteiger partial charge in [-0.1, -0.05) is 35.9 Å². The molecule has 1 N–H and O–H groups in total. The van der Waals surface area contributed by atoms with Gasteiger partial charge in [0, 0.05) is 10.1 Å². The molecule has 1 aliphatic rings. The zero-order chi connectivity index (χ0) is 19.1. The first kappa shape index (κ1) is 17.5. The maximum atomic E-state index is 12.2.